The molecule has 1 saturated carbocycles. The molecule has 1 aliphatic rings. The first-order valence-electron chi connectivity index (χ1n) is 6.55. The number of hydrogen-bond donors (Lipinski definition) is 2. The number of anilines is 1. The van der Waals surface area contributed by atoms with Crippen LogP contribution in [0.15, 0.2) is 12.4 Å². The predicted octanol–water partition coefficient (Wildman–Crippen LogP) is 1.83. The Kier molecular flexibility index (Phi) is 4.12. The molecule has 2 rings (SSSR count). The summed E-state index contributed by atoms with van der Waals surface area (Å²) in [5.41, 5.74) is 0.385. The molecule has 0 saturated heterocycles. The molecule has 0 unspecified atom stereocenters. The summed E-state index contributed by atoms with van der Waals surface area (Å²) < 4.78 is 0. The van der Waals surface area contributed by atoms with E-state index in [-0.39, 0.29) is 5.91 Å². The molecule has 0 atom stereocenters. The Hall–Kier alpha value is -1.65. The summed E-state index contributed by atoms with van der Waals surface area (Å²) in [6.07, 6.45) is 6.28. The van der Waals surface area contributed by atoms with Gasteiger partial charge in [0.1, 0.15) is 11.5 Å². The Bertz CT molecular complexity index is 415. The van der Waals surface area contributed by atoms with Gasteiger partial charge >= 0.3 is 0 Å². The fourth-order valence-corrected chi connectivity index (χ4v) is 2.09. The third-order valence-electron chi connectivity index (χ3n) is 3.13. The van der Waals surface area contributed by atoms with Gasteiger partial charge in [-0.1, -0.05) is 13.8 Å². The highest BCUT2D eigenvalue weighted by Crippen LogP contribution is 2.26. The Morgan fingerprint density at radius 1 is 1.44 bits per heavy atom. The lowest BCUT2D eigenvalue weighted by atomic mass is 9.82. The minimum Gasteiger partial charge on any atom is -0.369 e. The van der Waals surface area contributed by atoms with Gasteiger partial charge in [-0.25, -0.2) is 4.98 Å². The van der Waals surface area contributed by atoms with Crippen molar-refractivity contribution in [3.63, 3.8) is 0 Å². The van der Waals surface area contributed by atoms with E-state index in [9.17, 15) is 4.79 Å². The van der Waals surface area contributed by atoms with E-state index in [0.29, 0.717) is 17.6 Å². The van der Waals surface area contributed by atoms with Crippen LogP contribution in [0.2, 0.25) is 0 Å². The third-order valence-corrected chi connectivity index (χ3v) is 3.13. The van der Waals surface area contributed by atoms with Gasteiger partial charge in [0, 0.05) is 12.6 Å². The van der Waals surface area contributed by atoms with Gasteiger partial charge in [0.05, 0.1) is 12.4 Å². The number of nitrogens with one attached hydrogen (secondary N) is 2. The van der Waals surface area contributed by atoms with Crippen molar-refractivity contribution in [3.8, 4) is 0 Å². The molecule has 1 fully saturated rings. The van der Waals surface area contributed by atoms with Crippen molar-refractivity contribution in [1.82, 2.24) is 15.3 Å². The van der Waals surface area contributed by atoms with Crippen LogP contribution in [0.4, 0.5) is 5.82 Å². The highest BCUT2D eigenvalue weighted by Gasteiger charge is 2.27. The van der Waals surface area contributed by atoms with Crippen molar-refractivity contribution in [2.75, 3.05) is 11.9 Å². The van der Waals surface area contributed by atoms with Gasteiger partial charge in [0.15, 0.2) is 0 Å². The first-order chi connectivity index (χ1) is 8.69. The number of carbonyl (C=O) groups excluding carboxylic acids is 1. The minimum absolute atomic E-state index is 0.125. The Morgan fingerprint density at radius 2 is 2.22 bits per heavy atom. The lowest BCUT2D eigenvalue weighted by molar-refractivity contribution is 0.0890. The summed E-state index contributed by atoms with van der Waals surface area (Å²) in [7, 11) is 0. The molecule has 0 aromatic carbocycles. The Morgan fingerprint density at radius 3 is 2.89 bits per heavy atom. The minimum atomic E-state index is -0.125. The number of aromatic nitrogens is 2. The van der Waals surface area contributed by atoms with Crippen LogP contribution in [0.5, 0.6) is 0 Å². The molecule has 1 heterocycles. The second-order valence-electron chi connectivity index (χ2n) is 4.96. The second-order valence-corrected chi connectivity index (χ2v) is 4.96. The van der Waals surface area contributed by atoms with Gasteiger partial charge in [-0.3, -0.25) is 9.78 Å². The fourth-order valence-electron chi connectivity index (χ4n) is 2.09. The Balaban J connectivity index is 1.92. The molecule has 5 heteroatoms. The summed E-state index contributed by atoms with van der Waals surface area (Å²) in [4.78, 5) is 20.2. The van der Waals surface area contributed by atoms with Crippen LogP contribution in [0.25, 0.3) is 0 Å². The smallest absolute Gasteiger partial charge is 0.271 e. The van der Waals surface area contributed by atoms with Crippen LogP contribution in [0.3, 0.4) is 0 Å². The van der Waals surface area contributed by atoms with Crippen LogP contribution in [0, 0.1) is 5.92 Å². The highest BCUT2D eigenvalue weighted by atomic mass is 16.2. The zero-order valence-electron chi connectivity index (χ0n) is 10.9. The van der Waals surface area contributed by atoms with Crippen LogP contribution in [-0.2, 0) is 0 Å². The van der Waals surface area contributed by atoms with Crippen molar-refractivity contribution >= 4 is 11.7 Å². The maximum absolute atomic E-state index is 11.9. The third kappa shape index (κ3) is 3.18. The van der Waals surface area contributed by atoms with Crippen LogP contribution >= 0.6 is 0 Å². The van der Waals surface area contributed by atoms with E-state index < -0.39 is 0 Å². The fraction of sp³-hybridized carbons (Fsp3) is 0.615. The largest absolute Gasteiger partial charge is 0.369 e. The van der Waals surface area contributed by atoms with E-state index in [2.05, 4.69) is 34.4 Å². The zero-order valence-corrected chi connectivity index (χ0v) is 10.9. The molecule has 1 aromatic heterocycles. The number of carbonyl (C=O) groups is 1. The molecule has 0 bridgehead atoms. The van der Waals surface area contributed by atoms with E-state index in [0.717, 1.165) is 31.7 Å². The molecular weight excluding hydrogens is 228 g/mol. The SMILES string of the molecule is CCCNc1cncc(C(=O)NC2CC(C)C2)n1. The molecular formula is C13H20N4O. The average molecular weight is 248 g/mol. The van der Waals surface area contributed by atoms with E-state index in [1.165, 1.54) is 6.20 Å². The summed E-state index contributed by atoms with van der Waals surface area (Å²) in [6, 6.07) is 0.307. The first kappa shape index (κ1) is 12.8. The summed E-state index contributed by atoms with van der Waals surface area (Å²) in [6.45, 7) is 5.10. The van der Waals surface area contributed by atoms with E-state index >= 15 is 0 Å². The monoisotopic (exact) mass is 248 g/mol. The molecule has 1 aliphatic carbocycles. The number of nitrogens with zero attached hydrogens (tertiary/aromatic N) is 2. The van der Waals surface area contributed by atoms with Crippen LogP contribution in [-0.4, -0.2) is 28.5 Å². The highest BCUT2D eigenvalue weighted by molar-refractivity contribution is 5.92. The lowest BCUT2D eigenvalue weighted by Gasteiger charge is -2.33. The van der Waals surface area contributed by atoms with Crippen LogP contribution < -0.4 is 10.6 Å². The topological polar surface area (TPSA) is 66.9 Å². The Labute approximate surface area is 107 Å². The van der Waals surface area contributed by atoms with Crippen molar-refractivity contribution < 1.29 is 4.79 Å². The van der Waals surface area contributed by atoms with Crippen molar-refractivity contribution in [1.29, 1.82) is 0 Å². The molecule has 5 nitrogen and oxygen atoms in total. The van der Waals surface area contributed by atoms with Gasteiger partial charge in [-0.15, -0.1) is 0 Å². The molecule has 98 valence electrons. The van der Waals surface area contributed by atoms with Gasteiger partial charge in [0.25, 0.3) is 5.91 Å². The van der Waals surface area contributed by atoms with Gasteiger partial charge in [-0.2, -0.15) is 0 Å². The normalized spacial score (nSPS) is 22.1. The van der Waals surface area contributed by atoms with Gasteiger partial charge < -0.3 is 10.6 Å². The standard InChI is InChI=1S/C13H20N4O/c1-3-4-15-12-8-14-7-11(17-12)13(18)16-10-5-9(2)6-10/h7-10H,3-6H2,1-2H3,(H,15,17)(H,16,18). The van der Waals surface area contributed by atoms with Crippen LogP contribution in [0.1, 0.15) is 43.6 Å². The maximum atomic E-state index is 11.9. The lowest BCUT2D eigenvalue weighted by Crippen LogP contribution is -2.43. The quantitative estimate of drug-likeness (QED) is 0.834. The molecule has 0 spiro atoms. The molecule has 18 heavy (non-hydrogen) atoms. The van der Waals surface area contributed by atoms with Gasteiger partial charge in [-0.05, 0) is 25.2 Å². The molecule has 0 radical (unpaired) electrons. The van der Waals surface area contributed by atoms with Gasteiger partial charge in [0.2, 0.25) is 0 Å². The molecule has 2 N–H and O–H groups in total. The van der Waals surface area contributed by atoms with Crippen molar-refractivity contribution in [2.45, 2.75) is 39.2 Å². The summed E-state index contributed by atoms with van der Waals surface area (Å²) in [5.74, 6) is 1.25. The van der Waals surface area contributed by atoms with E-state index in [1.54, 1.807) is 6.20 Å². The molecule has 0 aliphatic heterocycles. The number of rotatable bonds is 5. The van der Waals surface area contributed by atoms with Crippen molar-refractivity contribution in [3.05, 3.63) is 18.1 Å². The predicted molar refractivity (Wildman–Crippen MR) is 70.5 cm³/mol. The summed E-state index contributed by atoms with van der Waals surface area (Å²) >= 11 is 0. The van der Waals surface area contributed by atoms with E-state index in [1.807, 2.05) is 0 Å². The second kappa shape index (κ2) is 5.80. The van der Waals surface area contributed by atoms with E-state index in [4.69, 9.17) is 0 Å². The zero-order chi connectivity index (χ0) is 13.0. The number of amides is 1. The first-order valence-corrected chi connectivity index (χ1v) is 6.55. The summed E-state index contributed by atoms with van der Waals surface area (Å²) in [5, 5.41) is 6.10. The molecule has 1 amide bonds. The van der Waals surface area contributed by atoms with Crippen molar-refractivity contribution in [2.24, 2.45) is 5.92 Å². The molecule has 1 aromatic rings. The maximum Gasteiger partial charge on any atom is 0.271 e. The average Bonchev–Trinajstić information content (AvgIpc) is 2.35. The number of hydrogen-bond acceptors (Lipinski definition) is 4.